The Labute approximate surface area is 153 Å². The van der Waals surface area contributed by atoms with Gasteiger partial charge < -0.3 is 9.84 Å². The Hall–Kier alpha value is -2.96. The summed E-state index contributed by atoms with van der Waals surface area (Å²) < 4.78 is 105. The van der Waals surface area contributed by atoms with Crippen molar-refractivity contribution in [2.75, 3.05) is 4.72 Å². The molecule has 28 heavy (non-hydrogen) atoms. The summed E-state index contributed by atoms with van der Waals surface area (Å²) in [5, 5.41) is 8.81. The van der Waals surface area contributed by atoms with Crippen LogP contribution in [0.5, 0.6) is 5.75 Å². The fourth-order valence-corrected chi connectivity index (χ4v) is 3.11. The molecule has 0 aliphatic heterocycles. The number of aromatic carboxylic acids is 1. The van der Waals surface area contributed by atoms with Crippen LogP contribution in [0.4, 0.5) is 32.0 Å². The number of carbonyl (C=O) groups is 1. The van der Waals surface area contributed by atoms with E-state index in [1.807, 2.05) is 0 Å². The lowest BCUT2D eigenvalue weighted by Crippen LogP contribution is -2.18. The lowest BCUT2D eigenvalue weighted by atomic mass is 10.1. The molecule has 0 saturated heterocycles. The van der Waals surface area contributed by atoms with Crippen LogP contribution in [0.1, 0.15) is 15.9 Å². The maximum Gasteiger partial charge on any atom is 0.573 e. The monoisotopic (exact) mass is 429 g/mol. The van der Waals surface area contributed by atoms with E-state index < -0.39 is 56.0 Å². The van der Waals surface area contributed by atoms with Gasteiger partial charge in [-0.1, -0.05) is 0 Å². The molecular weight excluding hydrogens is 420 g/mol. The minimum atomic E-state index is -5.06. The van der Waals surface area contributed by atoms with Gasteiger partial charge in [0.05, 0.1) is 16.0 Å². The van der Waals surface area contributed by atoms with Crippen LogP contribution in [-0.4, -0.2) is 25.9 Å². The first kappa shape index (κ1) is 21.3. The molecule has 0 amide bonds. The molecule has 2 N–H and O–H groups in total. The van der Waals surface area contributed by atoms with Crippen LogP contribution in [0, 0.1) is 0 Å². The number of benzene rings is 2. The zero-order valence-corrected chi connectivity index (χ0v) is 14.1. The number of carboxylic acid groups (broad SMARTS) is 1. The van der Waals surface area contributed by atoms with E-state index in [1.54, 1.807) is 4.72 Å². The molecule has 152 valence electrons. The molecule has 2 aromatic carbocycles. The molecule has 6 nitrogen and oxygen atoms in total. The second kappa shape index (κ2) is 7.22. The van der Waals surface area contributed by atoms with Crippen molar-refractivity contribution in [2.45, 2.75) is 17.4 Å². The summed E-state index contributed by atoms with van der Waals surface area (Å²) in [5.41, 5.74) is -3.24. The third-order valence-corrected chi connectivity index (χ3v) is 4.57. The van der Waals surface area contributed by atoms with Crippen LogP contribution >= 0.6 is 0 Å². The van der Waals surface area contributed by atoms with Gasteiger partial charge in [-0.15, -0.1) is 13.2 Å². The van der Waals surface area contributed by atoms with Gasteiger partial charge >= 0.3 is 18.5 Å². The number of hydrogen-bond acceptors (Lipinski definition) is 4. The lowest BCUT2D eigenvalue weighted by molar-refractivity contribution is -0.274. The number of ether oxygens (including phenoxy) is 1. The van der Waals surface area contributed by atoms with E-state index in [0.717, 1.165) is 18.2 Å². The highest BCUT2D eigenvalue weighted by Gasteiger charge is 2.36. The number of halogens is 6. The standard InChI is InChI=1S/C15H9F6NO5S/c16-14(17,18)12-7-8(1-6-11(12)13(23)24)22-28(25,26)10-4-2-9(3-5-10)27-15(19,20)21/h1-7,22H,(H,23,24). The van der Waals surface area contributed by atoms with Crippen LogP contribution < -0.4 is 9.46 Å². The SMILES string of the molecule is O=C(O)c1ccc(NS(=O)(=O)c2ccc(OC(F)(F)F)cc2)cc1C(F)(F)F. The molecule has 2 rings (SSSR count). The zero-order chi connectivity index (χ0) is 21.3. The van der Waals surface area contributed by atoms with Gasteiger partial charge in [0.15, 0.2) is 0 Å². The van der Waals surface area contributed by atoms with Crippen LogP contribution in [0.15, 0.2) is 47.4 Å². The van der Waals surface area contributed by atoms with Crippen molar-refractivity contribution in [3.8, 4) is 5.75 Å². The van der Waals surface area contributed by atoms with Crippen molar-refractivity contribution in [3.63, 3.8) is 0 Å². The predicted molar refractivity (Wildman–Crippen MR) is 82.3 cm³/mol. The number of hydrogen-bond donors (Lipinski definition) is 2. The van der Waals surface area contributed by atoms with E-state index in [4.69, 9.17) is 5.11 Å². The van der Waals surface area contributed by atoms with Crippen LogP contribution in [0.3, 0.4) is 0 Å². The minimum Gasteiger partial charge on any atom is -0.478 e. The fourth-order valence-electron chi connectivity index (χ4n) is 2.06. The lowest BCUT2D eigenvalue weighted by Gasteiger charge is -2.14. The molecule has 0 aromatic heterocycles. The first-order valence-corrected chi connectivity index (χ1v) is 8.50. The Morgan fingerprint density at radius 3 is 2.00 bits per heavy atom. The Morgan fingerprint density at radius 1 is 0.964 bits per heavy atom. The van der Waals surface area contributed by atoms with E-state index in [1.165, 1.54) is 0 Å². The van der Waals surface area contributed by atoms with Gasteiger partial charge in [-0.25, -0.2) is 13.2 Å². The molecule has 0 heterocycles. The van der Waals surface area contributed by atoms with Crippen LogP contribution in [0.2, 0.25) is 0 Å². The van der Waals surface area contributed by atoms with Crippen molar-refractivity contribution >= 4 is 21.7 Å². The molecule has 13 heteroatoms. The van der Waals surface area contributed by atoms with E-state index in [0.29, 0.717) is 24.3 Å². The fraction of sp³-hybridized carbons (Fsp3) is 0.133. The largest absolute Gasteiger partial charge is 0.573 e. The van der Waals surface area contributed by atoms with E-state index in [-0.39, 0.29) is 0 Å². The van der Waals surface area contributed by atoms with Gasteiger partial charge in [0.2, 0.25) is 0 Å². The molecular formula is C15H9F6NO5S. The van der Waals surface area contributed by atoms with Gasteiger partial charge in [0.25, 0.3) is 10.0 Å². The van der Waals surface area contributed by atoms with E-state index in [2.05, 4.69) is 4.74 Å². The second-order valence-electron chi connectivity index (χ2n) is 5.19. The Kier molecular flexibility index (Phi) is 5.50. The summed E-state index contributed by atoms with van der Waals surface area (Å²) in [6, 6.07) is 4.58. The highest BCUT2D eigenvalue weighted by Crippen LogP contribution is 2.34. The van der Waals surface area contributed by atoms with Crippen molar-refractivity contribution in [3.05, 3.63) is 53.6 Å². The molecule has 0 saturated carbocycles. The summed E-state index contributed by atoms with van der Waals surface area (Å²) in [7, 11) is -4.47. The maximum absolute atomic E-state index is 13.0. The highest BCUT2D eigenvalue weighted by molar-refractivity contribution is 7.92. The third kappa shape index (κ3) is 5.28. The zero-order valence-electron chi connectivity index (χ0n) is 13.3. The third-order valence-electron chi connectivity index (χ3n) is 3.18. The number of anilines is 1. The first-order valence-electron chi connectivity index (χ1n) is 7.02. The van der Waals surface area contributed by atoms with Gasteiger partial charge in [-0.3, -0.25) is 4.72 Å². The average Bonchev–Trinajstić information content (AvgIpc) is 2.52. The van der Waals surface area contributed by atoms with Crippen molar-refractivity contribution in [2.24, 2.45) is 0 Å². The molecule has 0 bridgehead atoms. The molecule has 0 spiro atoms. The maximum atomic E-state index is 13.0. The molecule has 0 atom stereocenters. The second-order valence-corrected chi connectivity index (χ2v) is 6.87. The minimum absolute atomic E-state index is 0.294. The van der Waals surface area contributed by atoms with Gasteiger partial charge in [-0.05, 0) is 42.5 Å². The molecule has 2 aromatic rings. The van der Waals surface area contributed by atoms with Gasteiger partial charge in [0.1, 0.15) is 5.75 Å². The van der Waals surface area contributed by atoms with E-state index in [9.17, 15) is 39.6 Å². The molecule has 0 fully saturated rings. The molecule has 0 unspecified atom stereocenters. The predicted octanol–water partition coefficient (Wildman–Crippen LogP) is 4.10. The average molecular weight is 429 g/mol. The number of rotatable bonds is 5. The summed E-state index contributed by atoms with van der Waals surface area (Å²) in [4.78, 5) is 10.3. The summed E-state index contributed by atoms with van der Waals surface area (Å²) in [6.07, 6.45) is -10.1. The van der Waals surface area contributed by atoms with Crippen molar-refractivity contribution < 1.29 is 49.4 Å². The van der Waals surface area contributed by atoms with Crippen LogP contribution in [-0.2, 0) is 16.2 Å². The Morgan fingerprint density at radius 2 is 1.54 bits per heavy atom. The quantitative estimate of drug-likeness (QED) is 0.699. The van der Waals surface area contributed by atoms with Crippen LogP contribution in [0.25, 0.3) is 0 Å². The van der Waals surface area contributed by atoms with Gasteiger partial charge in [-0.2, -0.15) is 13.2 Å². The topological polar surface area (TPSA) is 92.7 Å². The van der Waals surface area contributed by atoms with Crippen molar-refractivity contribution in [1.29, 1.82) is 0 Å². The van der Waals surface area contributed by atoms with Crippen molar-refractivity contribution in [1.82, 2.24) is 0 Å². The van der Waals surface area contributed by atoms with E-state index >= 15 is 0 Å². The smallest absolute Gasteiger partial charge is 0.478 e. The summed E-state index contributed by atoms with van der Waals surface area (Å²) >= 11 is 0. The van der Waals surface area contributed by atoms with Gasteiger partial charge in [0, 0.05) is 5.69 Å². The first-order chi connectivity index (χ1) is 12.7. The number of carboxylic acids is 1. The Bertz CT molecular complexity index is 983. The summed E-state index contributed by atoms with van der Waals surface area (Å²) in [6.45, 7) is 0. The number of nitrogens with one attached hydrogen (secondary N) is 1. The molecule has 0 radical (unpaired) electrons. The normalized spacial score (nSPS) is 12.5. The molecule has 0 aliphatic rings. The molecule has 0 aliphatic carbocycles. The number of alkyl halides is 6. The number of sulfonamides is 1. The Balaban J connectivity index is 2.33. The highest BCUT2D eigenvalue weighted by atomic mass is 32.2. The summed E-state index contributed by atoms with van der Waals surface area (Å²) in [5.74, 6) is -2.56.